The molecule has 2 N–H and O–H groups in total. The highest BCUT2D eigenvalue weighted by atomic mass is 35.5. The Bertz CT molecular complexity index is 889. The van der Waals surface area contributed by atoms with Gasteiger partial charge >= 0.3 is 0 Å². The highest BCUT2D eigenvalue weighted by Crippen LogP contribution is 2.21. The molecular weight excluding hydrogens is 336 g/mol. The van der Waals surface area contributed by atoms with Gasteiger partial charge in [-0.25, -0.2) is 9.97 Å². The van der Waals surface area contributed by atoms with E-state index >= 15 is 0 Å². The Hall–Kier alpha value is -2.92. The molecule has 2 aromatic carbocycles. The minimum atomic E-state index is -0.227. The number of carbonyl (C=O) groups is 1. The van der Waals surface area contributed by atoms with Crippen molar-refractivity contribution in [2.45, 2.75) is 13.8 Å². The number of hydrogen-bond acceptors (Lipinski definition) is 4. The van der Waals surface area contributed by atoms with Crippen LogP contribution >= 0.6 is 11.6 Å². The van der Waals surface area contributed by atoms with Gasteiger partial charge in [0.2, 0.25) is 5.95 Å². The van der Waals surface area contributed by atoms with Crippen molar-refractivity contribution in [2.75, 3.05) is 10.6 Å². The molecule has 0 aliphatic heterocycles. The summed E-state index contributed by atoms with van der Waals surface area (Å²) in [6.45, 7) is 3.80. The number of para-hydroxylation sites is 1. The van der Waals surface area contributed by atoms with Crippen LogP contribution in [-0.2, 0) is 0 Å². The Morgan fingerprint density at radius 1 is 0.960 bits per heavy atom. The molecule has 0 radical (unpaired) electrons. The second-order valence-electron chi connectivity index (χ2n) is 5.61. The molecule has 6 heteroatoms. The highest BCUT2D eigenvalue weighted by molar-refractivity contribution is 6.30. The fraction of sp³-hybridized carbons (Fsp3) is 0.105. The molecule has 126 valence electrons. The third-order valence-corrected chi connectivity index (χ3v) is 3.75. The smallest absolute Gasteiger partial charge is 0.257 e. The van der Waals surface area contributed by atoms with Crippen molar-refractivity contribution in [3.8, 4) is 0 Å². The average Bonchev–Trinajstić information content (AvgIpc) is 2.56. The molecule has 0 spiro atoms. The third-order valence-electron chi connectivity index (χ3n) is 3.50. The van der Waals surface area contributed by atoms with Gasteiger partial charge in [0.25, 0.3) is 5.91 Å². The molecule has 0 aliphatic rings. The van der Waals surface area contributed by atoms with E-state index < -0.39 is 0 Å². The van der Waals surface area contributed by atoms with E-state index in [9.17, 15) is 4.79 Å². The summed E-state index contributed by atoms with van der Waals surface area (Å²) in [6.07, 6.45) is 0. The normalized spacial score (nSPS) is 10.4. The molecule has 3 rings (SSSR count). The quantitative estimate of drug-likeness (QED) is 0.711. The van der Waals surface area contributed by atoms with Crippen LogP contribution in [-0.4, -0.2) is 15.9 Å². The highest BCUT2D eigenvalue weighted by Gasteiger charge is 2.12. The number of halogens is 1. The summed E-state index contributed by atoms with van der Waals surface area (Å²) in [4.78, 5) is 21.3. The molecule has 0 fully saturated rings. The molecule has 25 heavy (non-hydrogen) atoms. The zero-order valence-corrected chi connectivity index (χ0v) is 14.6. The van der Waals surface area contributed by atoms with Crippen LogP contribution in [0.4, 0.5) is 17.3 Å². The summed E-state index contributed by atoms with van der Waals surface area (Å²) in [5, 5.41) is 6.60. The Morgan fingerprint density at radius 3 is 2.28 bits per heavy atom. The number of carbonyl (C=O) groups excluding carboxylic acids is 1. The monoisotopic (exact) mass is 352 g/mol. The summed E-state index contributed by atoms with van der Waals surface area (Å²) in [6, 6.07) is 16.1. The van der Waals surface area contributed by atoms with E-state index in [1.165, 1.54) is 0 Å². The molecule has 3 aromatic rings. The van der Waals surface area contributed by atoms with Crippen molar-refractivity contribution >= 4 is 34.8 Å². The molecule has 0 aliphatic carbocycles. The van der Waals surface area contributed by atoms with Crippen LogP contribution in [0.1, 0.15) is 21.7 Å². The van der Waals surface area contributed by atoms with Crippen LogP contribution < -0.4 is 10.6 Å². The maximum absolute atomic E-state index is 12.6. The summed E-state index contributed by atoms with van der Waals surface area (Å²) in [7, 11) is 0. The Morgan fingerprint density at radius 2 is 1.60 bits per heavy atom. The van der Waals surface area contributed by atoms with Gasteiger partial charge < -0.3 is 10.6 Å². The van der Waals surface area contributed by atoms with Gasteiger partial charge in [-0.3, -0.25) is 4.79 Å². The van der Waals surface area contributed by atoms with Gasteiger partial charge in [0.1, 0.15) is 0 Å². The first-order valence-electron chi connectivity index (χ1n) is 7.76. The van der Waals surface area contributed by atoms with Crippen LogP contribution in [0, 0.1) is 13.8 Å². The maximum atomic E-state index is 12.6. The molecule has 1 amide bonds. The largest absolute Gasteiger partial charge is 0.323 e. The molecule has 0 unspecified atom stereocenters. The van der Waals surface area contributed by atoms with Crippen LogP contribution in [0.2, 0.25) is 5.02 Å². The van der Waals surface area contributed by atoms with Crippen molar-refractivity contribution in [1.82, 2.24) is 9.97 Å². The minimum Gasteiger partial charge on any atom is -0.323 e. The molecule has 1 heterocycles. The number of nitrogens with zero attached hydrogens (tertiary/aromatic N) is 2. The minimum absolute atomic E-state index is 0.227. The van der Waals surface area contributed by atoms with Gasteiger partial charge in [0, 0.05) is 22.1 Å². The van der Waals surface area contributed by atoms with Crippen LogP contribution in [0.15, 0.2) is 54.6 Å². The first kappa shape index (κ1) is 16.9. The topological polar surface area (TPSA) is 66.9 Å². The average molecular weight is 353 g/mol. The van der Waals surface area contributed by atoms with Gasteiger partial charge in [-0.05, 0) is 56.3 Å². The standard InChI is InChI=1S/C19H17ClN4O/c1-12-11-13(2)22-19(21-12)24-17-6-4-3-5-16(17)18(25)23-15-9-7-14(20)8-10-15/h3-11H,1-2H3,(H,23,25)(H,21,22,24). The lowest BCUT2D eigenvalue weighted by Gasteiger charge is -2.12. The zero-order chi connectivity index (χ0) is 17.8. The molecular formula is C19H17ClN4O. The maximum Gasteiger partial charge on any atom is 0.257 e. The summed E-state index contributed by atoms with van der Waals surface area (Å²) in [5.41, 5.74) is 3.53. The van der Waals surface area contributed by atoms with Gasteiger partial charge in [0.05, 0.1) is 11.3 Å². The first-order chi connectivity index (χ1) is 12.0. The third kappa shape index (κ3) is 4.33. The molecule has 0 saturated heterocycles. The van der Waals surface area contributed by atoms with Crippen molar-refractivity contribution in [2.24, 2.45) is 0 Å². The summed E-state index contributed by atoms with van der Waals surface area (Å²) in [5.74, 6) is 0.235. The van der Waals surface area contributed by atoms with Crippen LogP contribution in [0.3, 0.4) is 0 Å². The van der Waals surface area contributed by atoms with E-state index in [0.717, 1.165) is 11.4 Å². The van der Waals surface area contributed by atoms with Crippen LogP contribution in [0.5, 0.6) is 0 Å². The predicted molar refractivity (Wildman–Crippen MR) is 101 cm³/mol. The van der Waals surface area contributed by atoms with E-state index in [1.54, 1.807) is 30.3 Å². The van der Waals surface area contributed by atoms with Crippen molar-refractivity contribution < 1.29 is 4.79 Å². The van der Waals surface area contributed by atoms with Crippen LogP contribution in [0.25, 0.3) is 0 Å². The molecule has 0 saturated carbocycles. The number of anilines is 3. The lowest BCUT2D eigenvalue weighted by molar-refractivity contribution is 0.102. The second-order valence-corrected chi connectivity index (χ2v) is 6.04. The summed E-state index contributed by atoms with van der Waals surface area (Å²) < 4.78 is 0. The zero-order valence-electron chi connectivity index (χ0n) is 13.9. The van der Waals surface area contributed by atoms with Gasteiger partial charge in [-0.15, -0.1) is 0 Å². The number of rotatable bonds is 4. The molecule has 1 aromatic heterocycles. The Balaban J connectivity index is 1.84. The lowest BCUT2D eigenvalue weighted by atomic mass is 10.1. The number of benzene rings is 2. The number of aromatic nitrogens is 2. The molecule has 0 atom stereocenters. The molecule has 5 nitrogen and oxygen atoms in total. The number of hydrogen-bond donors (Lipinski definition) is 2. The van der Waals surface area contributed by atoms with Gasteiger partial charge in [-0.1, -0.05) is 23.7 Å². The second kappa shape index (κ2) is 7.32. The predicted octanol–water partition coefficient (Wildman–Crippen LogP) is 4.74. The summed E-state index contributed by atoms with van der Waals surface area (Å²) >= 11 is 5.87. The van der Waals surface area contributed by atoms with Gasteiger partial charge in [-0.2, -0.15) is 0 Å². The van der Waals surface area contributed by atoms with E-state index in [-0.39, 0.29) is 5.91 Å². The number of amides is 1. The van der Waals surface area contributed by atoms with E-state index in [1.807, 2.05) is 38.1 Å². The fourth-order valence-corrected chi connectivity index (χ4v) is 2.55. The van der Waals surface area contributed by atoms with E-state index in [0.29, 0.717) is 27.9 Å². The first-order valence-corrected chi connectivity index (χ1v) is 8.14. The van der Waals surface area contributed by atoms with Crippen molar-refractivity contribution in [3.05, 3.63) is 76.6 Å². The Kier molecular flexibility index (Phi) is 4.95. The van der Waals surface area contributed by atoms with Crippen molar-refractivity contribution in [3.63, 3.8) is 0 Å². The van der Waals surface area contributed by atoms with E-state index in [2.05, 4.69) is 20.6 Å². The lowest BCUT2D eigenvalue weighted by Crippen LogP contribution is -2.14. The van der Waals surface area contributed by atoms with Crippen molar-refractivity contribution in [1.29, 1.82) is 0 Å². The number of nitrogens with one attached hydrogen (secondary N) is 2. The number of aryl methyl sites for hydroxylation is 2. The fourth-order valence-electron chi connectivity index (χ4n) is 2.42. The van der Waals surface area contributed by atoms with Gasteiger partial charge in [0.15, 0.2) is 0 Å². The molecule has 0 bridgehead atoms. The SMILES string of the molecule is Cc1cc(C)nc(Nc2ccccc2C(=O)Nc2ccc(Cl)cc2)n1. The van der Waals surface area contributed by atoms with E-state index in [4.69, 9.17) is 11.6 Å². The Labute approximate surface area is 151 Å².